The van der Waals surface area contributed by atoms with Crippen molar-refractivity contribution in [2.75, 3.05) is 18.0 Å². The molecule has 1 N–H and O–H groups in total. The van der Waals surface area contributed by atoms with Crippen LogP contribution in [0.2, 0.25) is 0 Å². The first-order chi connectivity index (χ1) is 9.92. The number of hydrogen-bond acceptors (Lipinski definition) is 5. The quantitative estimate of drug-likeness (QED) is 0.692. The van der Waals surface area contributed by atoms with Crippen LogP contribution in [0.25, 0.3) is 10.8 Å². The van der Waals surface area contributed by atoms with Gasteiger partial charge in [0.2, 0.25) is 0 Å². The lowest BCUT2D eigenvalue weighted by Gasteiger charge is -2.50. The maximum absolute atomic E-state index is 11.1. The average molecular weight is 287 g/mol. The Balaban J connectivity index is 2.02. The van der Waals surface area contributed by atoms with Crippen LogP contribution in [0.15, 0.2) is 30.6 Å². The molecule has 0 unspecified atom stereocenters. The molecule has 0 bridgehead atoms. The molecule has 1 fully saturated rings. The molecule has 0 amide bonds. The molecule has 0 spiro atoms. The molecule has 3 rings (SSSR count). The van der Waals surface area contributed by atoms with Gasteiger partial charge in [0.1, 0.15) is 5.60 Å². The van der Waals surface area contributed by atoms with Crippen molar-refractivity contribution in [2.24, 2.45) is 5.92 Å². The minimum absolute atomic E-state index is 0.0794. The van der Waals surface area contributed by atoms with Crippen molar-refractivity contribution in [3.8, 4) is 0 Å². The minimum Gasteiger partial charge on any atom is -0.386 e. The molecule has 6 nitrogen and oxygen atoms in total. The molecular formula is C15H17N3O3. The van der Waals surface area contributed by atoms with Gasteiger partial charge in [-0.1, -0.05) is 13.8 Å². The van der Waals surface area contributed by atoms with Crippen molar-refractivity contribution in [1.82, 2.24) is 4.98 Å². The van der Waals surface area contributed by atoms with E-state index in [9.17, 15) is 15.2 Å². The van der Waals surface area contributed by atoms with Gasteiger partial charge in [0.25, 0.3) is 5.69 Å². The van der Waals surface area contributed by atoms with Crippen LogP contribution in [0.1, 0.15) is 13.8 Å². The van der Waals surface area contributed by atoms with Gasteiger partial charge in [-0.3, -0.25) is 15.1 Å². The average Bonchev–Trinajstić information content (AvgIpc) is 2.42. The first-order valence-corrected chi connectivity index (χ1v) is 6.91. The van der Waals surface area contributed by atoms with Gasteiger partial charge in [-0.05, 0) is 18.1 Å². The molecule has 1 aromatic carbocycles. The molecule has 1 aliphatic rings. The molecule has 6 heteroatoms. The van der Waals surface area contributed by atoms with Crippen molar-refractivity contribution < 1.29 is 10.0 Å². The Morgan fingerprint density at radius 3 is 2.67 bits per heavy atom. The van der Waals surface area contributed by atoms with E-state index in [4.69, 9.17) is 0 Å². The molecule has 110 valence electrons. The molecule has 1 aliphatic heterocycles. The third kappa shape index (κ3) is 2.12. The van der Waals surface area contributed by atoms with Crippen LogP contribution in [0.5, 0.6) is 0 Å². The van der Waals surface area contributed by atoms with Gasteiger partial charge in [0.15, 0.2) is 0 Å². The van der Waals surface area contributed by atoms with E-state index in [0.29, 0.717) is 18.5 Å². The van der Waals surface area contributed by atoms with Crippen molar-refractivity contribution in [3.05, 3.63) is 40.7 Å². The van der Waals surface area contributed by atoms with Crippen LogP contribution in [0, 0.1) is 16.0 Å². The first kappa shape index (κ1) is 13.8. The lowest BCUT2D eigenvalue weighted by Crippen LogP contribution is -2.64. The van der Waals surface area contributed by atoms with Crippen molar-refractivity contribution in [2.45, 2.75) is 19.4 Å². The monoisotopic (exact) mass is 287 g/mol. The second-order valence-corrected chi connectivity index (χ2v) is 5.90. The van der Waals surface area contributed by atoms with Crippen LogP contribution < -0.4 is 4.90 Å². The largest absolute Gasteiger partial charge is 0.386 e. The van der Waals surface area contributed by atoms with E-state index in [1.807, 2.05) is 18.7 Å². The number of nitro groups is 1. The number of rotatable bonds is 3. The van der Waals surface area contributed by atoms with E-state index in [1.54, 1.807) is 24.5 Å². The summed E-state index contributed by atoms with van der Waals surface area (Å²) < 4.78 is 0. The summed E-state index contributed by atoms with van der Waals surface area (Å²) in [5, 5.41) is 22.8. The topological polar surface area (TPSA) is 79.5 Å². The molecule has 0 aliphatic carbocycles. The Hall–Kier alpha value is -2.21. The van der Waals surface area contributed by atoms with E-state index < -0.39 is 5.60 Å². The lowest BCUT2D eigenvalue weighted by molar-refractivity contribution is -0.383. The summed E-state index contributed by atoms with van der Waals surface area (Å²) in [5.41, 5.74) is 0.279. The highest BCUT2D eigenvalue weighted by Gasteiger charge is 2.44. The number of nitrogens with zero attached hydrogens (tertiary/aromatic N) is 3. The molecule has 0 radical (unpaired) electrons. The van der Waals surface area contributed by atoms with Crippen molar-refractivity contribution in [3.63, 3.8) is 0 Å². The SMILES string of the molecule is CC(C)C1(O)CN(c2ccc([N+](=O)[O-])c3ccncc23)C1. The standard InChI is InChI=1S/C15H17N3O3/c1-10(2)15(19)8-17(9-15)13-3-4-14(18(20)21)11-5-6-16-7-12(11)13/h3-7,10,19H,8-9H2,1-2H3. The van der Waals surface area contributed by atoms with Gasteiger partial charge in [-0.25, -0.2) is 0 Å². The van der Waals surface area contributed by atoms with Gasteiger partial charge in [0.05, 0.1) is 10.3 Å². The number of fused-ring (bicyclic) bond motifs is 1. The maximum Gasteiger partial charge on any atom is 0.277 e. The number of aliphatic hydroxyl groups is 1. The van der Waals surface area contributed by atoms with E-state index >= 15 is 0 Å². The molecule has 1 aromatic heterocycles. The zero-order valence-corrected chi connectivity index (χ0v) is 12.0. The molecular weight excluding hydrogens is 270 g/mol. The predicted molar refractivity (Wildman–Crippen MR) is 80.4 cm³/mol. The lowest BCUT2D eigenvalue weighted by atomic mass is 9.82. The third-order valence-corrected chi connectivity index (χ3v) is 4.31. The van der Waals surface area contributed by atoms with Crippen molar-refractivity contribution in [1.29, 1.82) is 0 Å². The summed E-state index contributed by atoms with van der Waals surface area (Å²) in [4.78, 5) is 16.8. The molecule has 21 heavy (non-hydrogen) atoms. The van der Waals surface area contributed by atoms with Crippen LogP contribution >= 0.6 is 0 Å². The van der Waals surface area contributed by atoms with Gasteiger partial charge < -0.3 is 10.0 Å². The first-order valence-electron chi connectivity index (χ1n) is 6.91. The second kappa shape index (κ2) is 4.66. The number of nitro benzene ring substituents is 1. The molecule has 2 heterocycles. The Kier molecular flexibility index (Phi) is 3.06. The summed E-state index contributed by atoms with van der Waals surface area (Å²) >= 11 is 0. The minimum atomic E-state index is -0.684. The van der Waals surface area contributed by atoms with Crippen molar-refractivity contribution >= 4 is 22.1 Å². The van der Waals surface area contributed by atoms with Crippen LogP contribution in [-0.4, -0.2) is 33.7 Å². The van der Waals surface area contributed by atoms with Gasteiger partial charge in [-0.15, -0.1) is 0 Å². The van der Waals surface area contributed by atoms with Gasteiger partial charge >= 0.3 is 0 Å². The molecule has 0 atom stereocenters. The Labute approximate surface area is 122 Å². The number of β-amino-alcohol motifs (C(OH)–C–C–N with tert-alkyl or cyclic N) is 1. The zero-order chi connectivity index (χ0) is 15.2. The number of aromatic nitrogens is 1. The van der Waals surface area contributed by atoms with Gasteiger partial charge in [-0.2, -0.15) is 0 Å². The number of hydrogen-bond donors (Lipinski definition) is 1. The summed E-state index contributed by atoms with van der Waals surface area (Å²) in [6.45, 7) is 5.05. The third-order valence-electron chi connectivity index (χ3n) is 4.31. The number of non-ortho nitro benzene ring substituents is 1. The van der Waals surface area contributed by atoms with Gasteiger partial charge in [0, 0.05) is 42.6 Å². The normalized spacial score (nSPS) is 17.0. The Morgan fingerprint density at radius 2 is 2.05 bits per heavy atom. The van der Waals surface area contributed by atoms with E-state index in [1.165, 1.54) is 6.07 Å². The summed E-state index contributed by atoms with van der Waals surface area (Å²) in [6, 6.07) is 4.91. The molecule has 1 saturated heterocycles. The highest BCUT2D eigenvalue weighted by Crippen LogP contribution is 2.38. The van der Waals surface area contributed by atoms with E-state index in [-0.39, 0.29) is 16.5 Å². The van der Waals surface area contributed by atoms with E-state index in [0.717, 1.165) is 11.1 Å². The molecule has 2 aromatic rings. The van der Waals surface area contributed by atoms with Crippen LogP contribution in [0.3, 0.4) is 0 Å². The number of pyridine rings is 1. The number of benzene rings is 1. The predicted octanol–water partition coefficient (Wildman–Crippen LogP) is 2.35. The zero-order valence-electron chi connectivity index (χ0n) is 12.0. The fraction of sp³-hybridized carbons (Fsp3) is 0.400. The highest BCUT2D eigenvalue weighted by atomic mass is 16.6. The summed E-state index contributed by atoms with van der Waals surface area (Å²) in [5.74, 6) is 0.177. The second-order valence-electron chi connectivity index (χ2n) is 5.90. The smallest absolute Gasteiger partial charge is 0.277 e. The fourth-order valence-corrected chi connectivity index (χ4v) is 2.74. The Morgan fingerprint density at radius 1 is 1.33 bits per heavy atom. The van der Waals surface area contributed by atoms with Crippen LogP contribution in [0.4, 0.5) is 11.4 Å². The van der Waals surface area contributed by atoms with E-state index in [2.05, 4.69) is 4.98 Å². The molecule has 0 saturated carbocycles. The Bertz CT molecular complexity index is 708. The summed E-state index contributed by atoms with van der Waals surface area (Å²) in [7, 11) is 0. The highest BCUT2D eigenvalue weighted by molar-refractivity contribution is 5.99. The number of anilines is 1. The summed E-state index contributed by atoms with van der Waals surface area (Å²) in [6.07, 6.45) is 3.20. The fourth-order valence-electron chi connectivity index (χ4n) is 2.74. The maximum atomic E-state index is 11.1. The van der Waals surface area contributed by atoms with Crippen LogP contribution in [-0.2, 0) is 0 Å².